The number of aromatic hydroxyl groups is 1. The van der Waals surface area contributed by atoms with Crippen molar-refractivity contribution in [2.24, 2.45) is 0 Å². The fourth-order valence-electron chi connectivity index (χ4n) is 1.02. The summed E-state index contributed by atoms with van der Waals surface area (Å²) >= 11 is 0. The number of benzene rings is 1. The molecule has 0 bridgehead atoms. The molecule has 0 saturated carbocycles. The van der Waals surface area contributed by atoms with Gasteiger partial charge in [0.25, 0.3) is 0 Å². The zero-order valence-electron chi connectivity index (χ0n) is 6.99. The molecule has 0 aliphatic carbocycles. The van der Waals surface area contributed by atoms with E-state index in [2.05, 4.69) is 0 Å². The summed E-state index contributed by atoms with van der Waals surface area (Å²) in [5.74, 6) is -0.392. The molecule has 0 radical (unpaired) electrons. The van der Waals surface area contributed by atoms with Crippen LogP contribution in [0.3, 0.4) is 0 Å². The summed E-state index contributed by atoms with van der Waals surface area (Å²) in [7, 11) is 1.45. The van der Waals surface area contributed by atoms with E-state index in [4.69, 9.17) is 10.7 Å². The van der Waals surface area contributed by atoms with Crippen LogP contribution in [0.2, 0.25) is 0 Å². The number of phenolic OH excluding ortho intramolecular Hbond substituents is 1. The van der Waals surface area contributed by atoms with Gasteiger partial charge in [0.15, 0.2) is 0 Å². The molecule has 1 rings (SSSR count). The van der Waals surface area contributed by atoms with E-state index in [1.807, 2.05) is 6.92 Å². The van der Waals surface area contributed by atoms with Crippen molar-refractivity contribution >= 4 is 19.7 Å². The van der Waals surface area contributed by atoms with Crippen molar-refractivity contribution in [3.05, 3.63) is 29.3 Å². The summed E-state index contributed by atoms with van der Waals surface area (Å²) in [6, 6.07) is 4.74. The highest BCUT2D eigenvalue weighted by atomic mass is 35.7. The number of hydrogen-bond donors (Lipinski definition) is 1. The average molecular weight is 221 g/mol. The topological polar surface area (TPSA) is 54.4 Å². The number of halogens is 1. The van der Waals surface area contributed by atoms with Gasteiger partial charge in [-0.15, -0.1) is 0 Å². The molecular weight excluding hydrogens is 212 g/mol. The summed E-state index contributed by atoms with van der Waals surface area (Å²) in [6.45, 7) is 1.81. The third kappa shape index (κ3) is 3.24. The van der Waals surface area contributed by atoms with Gasteiger partial charge < -0.3 is 5.11 Å². The zero-order chi connectivity index (χ0) is 10.1. The molecule has 0 fully saturated rings. The minimum atomic E-state index is -3.60. The van der Waals surface area contributed by atoms with Crippen LogP contribution < -0.4 is 0 Å². The first-order valence-corrected chi connectivity index (χ1v) is 6.07. The quantitative estimate of drug-likeness (QED) is 0.773. The fourth-order valence-corrected chi connectivity index (χ4v) is 1.97. The normalized spacial score (nSPS) is 11.5. The molecule has 0 aliphatic heterocycles. The minimum absolute atomic E-state index is 0.0465. The van der Waals surface area contributed by atoms with E-state index in [9.17, 15) is 13.5 Å². The molecule has 1 aromatic rings. The molecule has 0 amide bonds. The monoisotopic (exact) mass is 220 g/mol. The molecule has 3 nitrogen and oxygen atoms in total. The van der Waals surface area contributed by atoms with E-state index in [-0.39, 0.29) is 11.5 Å². The number of phenols is 1. The predicted molar refractivity (Wildman–Crippen MR) is 51.3 cm³/mol. The second-order valence-corrected chi connectivity index (χ2v) is 5.59. The van der Waals surface area contributed by atoms with E-state index in [0.717, 1.165) is 5.56 Å². The van der Waals surface area contributed by atoms with Gasteiger partial charge in [0, 0.05) is 16.2 Å². The van der Waals surface area contributed by atoms with Gasteiger partial charge in [0.1, 0.15) is 5.75 Å². The van der Waals surface area contributed by atoms with E-state index < -0.39 is 9.05 Å². The van der Waals surface area contributed by atoms with Gasteiger partial charge in [0.2, 0.25) is 9.05 Å². The molecular formula is C8H9ClO3S. The third-order valence-corrected chi connectivity index (χ3v) is 2.55. The van der Waals surface area contributed by atoms with Crippen LogP contribution in [-0.4, -0.2) is 13.5 Å². The van der Waals surface area contributed by atoms with Crippen molar-refractivity contribution in [1.29, 1.82) is 0 Å². The Kier molecular flexibility index (Phi) is 2.83. The van der Waals surface area contributed by atoms with Gasteiger partial charge in [-0.3, -0.25) is 0 Å². The van der Waals surface area contributed by atoms with Crippen LogP contribution in [0, 0.1) is 6.92 Å². The third-order valence-electron chi connectivity index (χ3n) is 1.56. The highest BCUT2D eigenvalue weighted by Crippen LogP contribution is 2.21. The first kappa shape index (κ1) is 10.3. The molecule has 0 saturated heterocycles. The maximum Gasteiger partial charge on any atom is 0.236 e. The lowest BCUT2D eigenvalue weighted by molar-refractivity contribution is 0.469. The van der Waals surface area contributed by atoms with E-state index in [0.29, 0.717) is 5.56 Å². The van der Waals surface area contributed by atoms with Crippen LogP contribution in [0.1, 0.15) is 11.1 Å². The van der Waals surface area contributed by atoms with Gasteiger partial charge in [-0.05, 0) is 13.0 Å². The number of rotatable bonds is 2. The van der Waals surface area contributed by atoms with Crippen molar-refractivity contribution in [1.82, 2.24) is 0 Å². The van der Waals surface area contributed by atoms with E-state index in [1.165, 1.54) is 6.07 Å². The Morgan fingerprint density at radius 1 is 1.46 bits per heavy atom. The number of hydrogen-bond acceptors (Lipinski definition) is 3. The Labute approximate surface area is 81.4 Å². The largest absolute Gasteiger partial charge is 0.508 e. The summed E-state index contributed by atoms with van der Waals surface area (Å²) in [4.78, 5) is 0. The fraction of sp³-hybridized carbons (Fsp3) is 0.250. The Morgan fingerprint density at radius 3 is 2.62 bits per heavy atom. The van der Waals surface area contributed by atoms with Gasteiger partial charge >= 0.3 is 0 Å². The number of aryl methyl sites for hydroxylation is 1. The maximum absolute atomic E-state index is 10.7. The molecule has 13 heavy (non-hydrogen) atoms. The van der Waals surface area contributed by atoms with Crippen LogP contribution >= 0.6 is 10.7 Å². The van der Waals surface area contributed by atoms with Crippen molar-refractivity contribution in [3.63, 3.8) is 0 Å². The van der Waals surface area contributed by atoms with Crippen LogP contribution in [0.15, 0.2) is 18.2 Å². The van der Waals surface area contributed by atoms with Crippen molar-refractivity contribution in [2.45, 2.75) is 12.7 Å². The highest BCUT2D eigenvalue weighted by Gasteiger charge is 2.10. The Balaban J connectivity index is 3.08. The summed E-state index contributed by atoms with van der Waals surface area (Å²) in [6.07, 6.45) is 0. The van der Waals surface area contributed by atoms with Crippen LogP contribution in [-0.2, 0) is 14.8 Å². The first-order valence-electron chi connectivity index (χ1n) is 3.59. The zero-order valence-corrected chi connectivity index (χ0v) is 8.56. The minimum Gasteiger partial charge on any atom is -0.508 e. The molecule has 0 aliphatic rings. The lowest BCUT2D eigenvalue weighted by atomic mass is 10.1. The molecule has 0 spiro atoms. The van der Waals surface area contributed by atoms with E-state index >= 15 is 0 Å². The van der Waals surface area contributed by atoms with Gasteiger partial charge in [-0.25, -0.2) is 8.42 Å². The SMILES string of the molecule is Cc1ccc(O)c(CS(=O)(=O)Cl)c1. The highest BCUT2D eigenvalue weighted by molar-refractivity contribution is 8.13. The molecule has 0 aromatic heterocycles. The average Bonchev–Trinajstić information content (AvgIpc) is 1.94. The predicted octanol–water partition coefficient (Wildman–Crippen LogP) is 1.77. The summed E-state index contributed by atoms with van der Waals surface area (Å²) in [5, 5.41) is 9.28. The molecule has 1 aromatic carbocycles. The summed E-state index contributed by atoms with van der Waals surface area (Å²) in [5.41, 5.74) is 1.21. The lowest BCUT2D eigenvalue weighted by Crippen LogP contribution is -1.95. The Morgan fingerprint density at radius 2 is 2.08 bits per heavy atom. The molecule has 5 heteroatoms. The molecule has 0 unspecified atom stereocenters. The van der Waals surface area contributed by atoms with Crippen molar-refractivity contribution in [2.75, 3.05) is 0 Å². The van der Waals surface area contributed by atoms with Gasteiger partial charge in [-0.2, -0.15) is 0 Å². The molecule has 72 valence electrons. The Bertz CT molecular complexity index is 411. The molecule has 0 heterocycles. The van der Waals surface area contributed by atoms with E-state index in [1.54, 1.807) is 12.1 Å². The maximum atomic E-state index is 10.7. The van der Waals surface area contributed by atoms with Crippen molar-refractivity contribution < 1.29 is 13.5 Å². The standard InChI is InChI=1S/C8H9ClO3S/c1-6-2-3-8(10)7(4-6)5-13(9,11)12/h2-4,10H,5H2,1H3. The van der Waals surface area contributed by atoms with Crippen LogP contribution in [0.25, 0.3) is 0 Å². The van der Waals surface area contributed by atoms with Crippen molar-refractivity contribution in [3.8, 4) is 5.75 Å². The van der Waals surface area contributed by atoms with Gasteiger partial charge in [-0.1, -0.05) is 17.7 Å². The van der Waals surface area contributed by atoms with Crippen LogP contribution in [0.5, 0.6) is 5.75 Å². The van der Waals surface area contributed by atoms with Crippen LogP contribution in [0.4, 0.5) is 0 Å². The lowest BCUT2D eigenvalue weighted by Gasteiger charge is -2.02. The first-order chi connectivity index (χ1) is 5.88. The smallest absolute Gasteiger partial charge is 0.236 e. The summed E-state index contributed by atoms with van der Waals surface area (Å²) < 4.78 is 21.4. The second-order valence-electron chi connectivity index (χ2n) is 2.82. The van der Waals surface area contributed by atoms with Gasteiger partial charge in [0.05, 0.1) is 5.75 Å². The Hall–Kier alpha value is -0.740. The second kappa shape index (κ2) is 3.55. The molecule has 0 atom stereocenters. The molecule has 1 N–H and O–H groups in total.